The highest BCUT2D eigenvalue weighted by Crippen LogP contribution is 2.24. The van der Waals surface area contributed by atoms with E-state index in [1.165, 1.54) is 12.1 Å². The number of anilines is 1. The fourth-order valence-electron chi connectivity index (χ4n) is 1.61. The lowest BCUT2D eigenvalue weighted by Gasteiger charge is -2.08. The molecule has 0 aliphatic rings. The molecule has 0 aliphatic heterocycles. The Morgan fingerprint density at radius 2 is 1.80 bits per heavy atom. The molecule has 0 amide bonds. The summed E-state index contributed by atoms with van der Waals surface area (Å²) < 4.78 is 10.4. The molecule has 0 aromatic heterocycles. The lowest BCUT2D eigenvalue weighted by atomic mass is 10.2. The number of esters is 1. The van der Waals surface area contributed by atoms with Gasteiger partial charge in [-0.2, -0.15) is 0 Å². The van der Waals surface area contributed by atoms with Crippen LogP contribution in [0.5, 0.6) is 11.5 Å². The van der Waals surface area contributed by atoms with Gasteiger partial charge >= 0.3 is 5.97 Å². The minimum absolute atomic E-state index is 0.0460. The van der Waals surface area contributed by atoms with Crippen LogP contribution in [-0.2, 0) is 4.74 Å². The number of phenols is 1. The van der Waals surface area contributed by atoms with E-state index in [2.05, 4.69) is 0 Å². The molecule has 2 aromatic rings. The summed E-state index contributed by atoms with van der Waals surface area (Å²) in [6.07, 6.45) is 0. The van der Waals surface area contributed by atoms with Gasteiger partial charge in [-0.3, -0.25) is 0 Å². The summed E-state index contributed by atoms with van der Waals surface area (Å²) >= 11 is 0. The normalized spacial score (nSPS) is 10.0. The van der Waals surface area contributed by atoms with Gasteiger partial charge in [0, 0.05) is 0 Å². The van der Waals surface area contributed by atoms with Gasteiger partial charge in [-0.1, -0.05) is 24.3 Å². The van der Waals surface area contributed by atoms with Crippen molar-refractivity contribution in [1.82, 2.24) is 0 Å². The summed E-state index contributed by atoms with van der Waals surface area (Å²) in [7, 11) is 0. The fourth-order valence-corrected chi connectivity index (χ4v) is 1.61. The van der Waals surface area contributed by atoms with Crippen LogP contribution in [0, 0.1) is 0 Å². The molecule has 0 heterocycles. The van der Waals surface area contributed by atoms with Crippen molar-refractivity contribution in [3.8, 4) is 11.5 Å². The van der Waals surface area contributed by atoms with Gasteiger partial charge in [-0.05, 0) is 24.3 Å². The number of hydrogen-bond donors (Lipinski definition) is 2. The van der Waals surface area contributed by atoms with Crippen molar-refractivity contribution >= 4 is 11.7 Å². The highest BCUT2D eigenvalue weighted by atomic mass is 16.6. The van der Waals surface area contributed by atoms with E-state index in [1.54, 1.807) is 6.07 Å². The third-order valence-corrected chi connectivity index (χ3v) is 2.62. The smallest absolute Gasteiger partial charge is 0.342 e. The summed E-state index contributed by atoms with van der Waals surface area (Å²) in [5.41, 5.74) is 5.69. The van der Waals surface area contributed by atoms with Gasteiger partial charge < -0.3 is 20.3 Å². The molecular weight excluding hydrogens is 258 g/mol. The van der Waals surface area contributed by atoms with Crippen LogP contribution >= 0.6 is 0 Å². The average Bonchev–Trinajstić information content (AvgIpc) is 2.47. The monoisotopic (exact) mass is 273 g/mol. The number of hydrogen-bond acceptors (Lipinski definition) is 5. The van der Waals surface area contributed by atoms with Crippen molar-refractivity contribution in [2.24, 2.45) is 0 Å². The fraction of sp³-hybridized carbons (Fsp3) is 0.133. The van der Waals surface area contributed by atoms with Crippen LogP contribution in [0.3, 0.4) is 0 Å². The third-order valence-electron chi connectivity index (χ3n) is 2.62. The molecule has 0 unspecified atom stereocenters. The summed E-state index contributed by atoms with van der Waals surface area (Å²) in [6.45, 7) is 0.320. The quantitative estimate of drug-likeness (QED) is 0.378. The highest BCUT2D eigenvalue weighted by molar-refractivity contribution is 5.94. The minimum Gasteiger partial charge on any atom is -0.505 e. The Labute approximate surface area is 116 Å². The van der Waals surface area contributed by atoms with Crippen molar-refractivity contribution in [2.45, 2.75) is 0 Å². The summed E-state index contributed by atoms with van der Waals surface area (Å²) in [6, 6.07) is 13.7. The number of carbonyl (C=O) groups excluding carboxylic acids is 1. The molecule has 0 saturated carbocycles. The SMILES string of the molecule is Nc1cccc(C(=O)OCCOc2ccccc2)c1O. The number of ether oxygens (including phenoxy) is 2. The molecule has 0 aliphatic carbocycles. The van der Waals surface area contributed by atoms with Crippen molar-refractivity contribution in [3.63, 3.8) is 0 Å². The van der Waals surface area contributed by atoms with Crippen LogP contribution in [0.25, 0.3) is 0 Å². The molecule has 0 atom stereocenters. The first-order valence-corrected chi connectivity index (χ1v) is 6.11. The second-order valence-corrected chi connectivity index (χ2v) is 4.04. The number of nitrogen functional groups attached to an aromatic ring is 1. The number of aromatic hydroxyl groups is 1. The Bertz CT molecular complexity index is 584. The Hall–Kier alpha value is -2.69. The molecule has 3 N–H and O–H groups in total. The Morgan fingerprint density at radius 1 is 1.05 bits per heavy atom. The van der Waals surface area contributed by atoms with Gasteiger partial charge in [0.1, 0.15) is 24.5 Å². The molecule has 0 radical (unpaired) electrons. The number of nitrogens with two attached hydrogens (primary N) is 1. The number of carbonyl (C=O) groups is 1. The van der Waals surface area contributed by atoms with E-state index >= 15 is 0 Å². The number of benzene rings is 2. The second kappa shape index (κ2) is 6.47. The van der Waals surface area contributed by atoms with Crippen molar-refractivity contribution < 1.29 is 19.4 Å². The summed E-state index contributed by atoms with van der Waals surface area (Å²) in [4.78, 5) is 11.7. The molecule has 0 fully saturated rings. The number of phenolic OH excluding ortho intramolecular Hbond substituents is 1. The molecule has 0 bridgehead atoms. The summed E-state index contributed by atoms with van der Waals surface area (Å²) in [5, 5.41) is 9.65. The standard InChI is InChI=1S/C15H15NO4/c16-13-8-4-7-12(14(13)17)15(18)20-10-9-19-11-5-2-1-3-6-11/h1-8,17H,9-10,16H2. The van der Waals surface area contributed by atoms with Gasteiger partial charge in [0.2, 0.25) is 0 Å². The first-order chi connectivity index (χ1) is 9.68. The molecule has 5 heteroatoms. The second-order valence-electron chi connectivity index (χ2n) is 4.04. The van der Waals surface area contributed by atoms with E-state index < -0.39 is 5.97 Å². The van der Waals surface area contributed by atoms with Crippen LogP contribution < -0.4 is 10.5 Å². The molecule has 20 heavy (non-hydrogen) atoms. The molecule has 104 valence electrons. The lowest BCUT2D eigenvalue weighted by Crippen LogP contribution is -2.12. The van der Waals surface area contributed by atoms with Crippen LogP contribution in [0.15, 0.2) is 48.5 Å². The van der Waals surface area contributed by atoms with E-state index in [0.29, 0.717) is 5.75 Å². The largest absolute Gasteiger partial charge is 0.505 e. The first-order valence-electron chi connectivity index (χ1n) is 6.11. The lowest BCUT2D eigenvalue weighted by molar-refractivity contribution is 0.0447. The first kappa shape index (κ1) is 13.7. The van der Waals surface area contributed by atoms with Crippen LogP contribution in [0.4, 0.5) is 5.69 Å². The zero-order chi connectivity index (χ0) is 14.4. The molecule has 5 nitrogen and oxygen atoms in total. The van der Waals surface area contributed by atoms with E-state index in [9.17, 15) is 9.90 Å². The number of para-hydroxylation sites is 2. The molecule has 2 aromatic carbocycles. The maximum atomic E-state index is 11.7. The van der Waals surface area contributed by atoms with Crippen LogP contribution in [0.2, 0.25) is 0 Å². The van der Waals surface area contributed by atoms with Gasteiger partial charge in [0.15, 0.2) is 5.75 Å². The molecular formula is C15H15NO4. The van der Waals surface area contributed by atoms with E-state index in [1.807, 2.05) is 30.3 Å². The van der Waals surface area contributed by atoms with Gasteiger partial charge in [-0.25, -0.2) is 4.79 Å². The molecule has 0 spiro atoms. The van der Waals surface area contributed by atoms with Gasteiger partial charge in [0.05, 0.1) is 5.69 Å². The Kier molecular flexibility index (Phi) is 4.44. The minimum atomic E-state index is -0.633. The van der Waals surface area contributed by atoms with Crippen molar-refractivity contribution in [2.75, 3.05) is 18.9 Å². The zero-order valence-corrected chi connectivity index (χ0v) is 10.8. The highest BCUT2D eigenvalue weighted by Gasteiger charge is 2.14. The predicted molar refractivity (Wildman–Crippen MR) is 74.7 cm³/mol. The van der Waals surface area contributed by atoms with E-state index in [4.69, 9.17) is 15.2 Å². The topological polar surface area (TPSA) is 81.8 Å². The zero-order valence-electron chi connectivity index (χ0n) is 10.8. The summed E-state index contributed by atoms with van der Waals surface area (Å²) in [5.74, 6) is -0.191. The van der Waals surface area contributed by atoms with Gasteiger partial charge in [-0.15, -0.1) is 0 Å². The Morgan fingerprint density at radius 3 is 2.55 bits per heavy atom. The Balaban J connectivity index is 1.82. The molecule has 0 saturated heterocycles. The third kappa shape index (κ3) is 3.41. The molecule has 2 rings (SSSR count). The maximum absolute atomic E-state index is 11.7. The maximum Gasteiger partial charge on any atom is 0.342 e. The predicted octanol–water partition coefficient (Wildman–Crippen LogP) is 2.21. The van der Waals surface area contributed by atoms with Gasteiger partial charge in [0.25, 0.3) is 0 Å². The van der Waals surface area contributed by atoms with Crippen LogP contribution in [-0.4, -0.2) is 24.3 Å². The van der Waals surface area contributed by atoms with E-state index in [0.717, 1.165) is 0 Å². The average molecular weight is 273 g/mol. The van der Waals surface area contributed by atoms with Crippen LogP contribution in [0.1, 0.15) is 10.4 Å². The van der Waals surface area contributed by atoms with Crippen molar-refractivity contribution in [3.05, 3.63) is 54.1 Å². The van der Waals surface area contributed by atoms with Crippen molar-refractivity contribution in [1.29, 1.82) is 0 Å². The van der Waals surface area contributed by atoms with E-state index in [-0.39, 0.29) is 30.2 Å². The number of rotatable bonds is 5.